The van der Waals surface area contributed by atoms with E-state index in [1.807, 2.05) is 0 Å². The van der Waals surface area contributed by atoms with Crippen molar-refractivity contribution in [2.24, 2.45) is 0 Å². The van der Waals surface area contributed by atoms with Gasteiger partial charge < -0.3 is 19.5 Å². The van der Waals surface area contributed by atoms with Crippen molar-refractivity contribution in [2.45, 2.75) is 32.3 Å². The van der Waals surface area contributed by atoms with Gasteiger partial charge in [-0.1, -0.05) is 6.58 Å². The molecule has 0 aliphatic carbocycles. The minimum atomic E-state index is -5.36. The van der Waals surface area contributed by atoms with Crippen LogP contribution in [0.25, 0.3) is 0 Å². The van der Waals surface area contributed by atoms with E-state index in [0.717, 1.165) is 6.92 Å². The average molecular weight is 359 g/mol. The molecular weight excluding hydrogens is 342 g/mol. The highest BCUT2D eigenvalue weighted by Gasteiger charge is 2.47. The summed E-state index contributed by atoms with van der Waals surface area (Å²) < 4.78 is 61.8. The van der Waals surface area contributed by atoms with E-state index >= 15 is 0 Å². The number of nitrogens with one attached hydrogen (secondary N) is 1. The molecule has 0 saturated carbocycles. The standard InChI is InChI=1S/C13H17F4NO6/c1-7(2)10(19)22-5-4-18-12(21)23-6-8(3)24-11(20)9(14)13(15,16)17/h8-9H,1,4-6H2,2-3H3,(H,18,21). The summed E-state index contributed by atoms with van der Waals surface area (Å²) in [5, 5.41) is 2.17. The Morgan fingerprint density at radius 1 is 1.21 bits per heavy atom. The third-order valence-electron chi connectivity index (χ3n) is 2.21. The predicted molar refractivity (Wildman–Crippen MR) is 71.6 cm³/mol. The fourth-order valence-corrected chi connectivity index (χ4v) is 1.09. The molecule has 0 aliphatic rings. The van der Waals surface area contributed by atoms with Crippen molar-refractivity contribution < 1.29 is 46.2 Å². The summed E-state index contributed by atoms with van der Waals surface area (Å²) in [7, 11) is 0. The van der Waals surface area contributed by atoms with E-state index in [2.05, 4.69) is 26.1 Å². The van der Waals surface area contributed by atoms with E-state index in [1.165, 1.54) is 6.92 Å². The van der Waals surface area contributed by atoms with Crippen LogP contribution in [0.4, 0.5) is 22.4 Å². The molecule has 0 aromatic heterocycles. The van der Waals surface area contributed by atoms with Gasteiger partial charge in [-0.3, -0.25) is 0 Å². The molecule has 0 saturated heterocycles. The maximum Gasteiger partial charge on any atom is 0.430 e. The van der Waals surface area contributed by atoms with Gasteiger partial charge >= 0.3 is 24.2 Å². The van der Waals surface area contributed by atoms with Crippen LogP contribution in [0.15, 0.2) is 12.2 Å². The summed E-state index contributed by atoms with van der Waals surface area (Å²) in [4.78, 5) is 33.1. The fourth-order valence-electron chi connectivity index (χ4n) is 1.09. The number of hydrogen-bond donors (Lipinski definition) is 1. The van der Waals surface area contributed by atoms with Gasteiger partial charge in [-0.25, -0.2) is 18.8 Å². The minimum absolute atomic E-state index is 0.0906. The van der Waals surface area contributed by atoms with Gasteiger partial charge in [0.1, 0.15) is 19.3 Å². The Kier molecular flexibility index (Phi) is 8.78. The first kappa shape index (κ1) is 21.7. The molecule has 1 N–H and O–H groups in total. The van der Waals surface area contributed by atoms with Crippen LogP contribution >= 0.6 is 0 Å². The number of alkyl halides is 4. The number of amides is 1. The lowest BCUT2D eigenvalue weighted by Gasteiger charge is -2.16. The normalized spacial score (nSPS) is 13.4. The Hall–Kier alpha value is -2.33. The first-order valence-corrected chi connectivity index (χ1v) is 6.59. The Morgan fingerprint density at radius 2 is 1.79 bits per heavy atom. The van der Waals surface area contributed by atoms with Crippen molar-refractivity contribution in [1.29, 1.82) is 0 Å². The molecule has 0 aromatic rings. The summed E-state index contributed by atoms with van der Waals surface area (Å²) in [6.07, 6.45) is -11.4. The zero-order valence-corrected chi connectivity index (χ0v) is 12.9. The Balaban J connectivity index is 3.96. The van der Waals surface area contributed by atoms with Gasteiger partial charge in [0.2, 0.25) is 0 Å². The molecule has 0 bridgehead atoms. The Morgan fingerprint density at radius 3 is 2.29 bits per heavy atom. The van der Waals surface area contributed by atoms with Gasteiger partial charge in [-0.2, -0.15) is 13.2 Å². The van der Waals surface area contributed by atoms with Crippen LogP contribution in [0.5, 0.6) is 0 Å². The summed E-state index contributed by atoms with van der Waals surface area (Å²) in [6, 6.07) is 0. The molecule has 0 fully saturated rings. The topological polar surface area (TPSA) is 90.9 Å². The molecule has 1 amide bonds. The lowest BCUT2D eigenvalue weighted by Crippen LogP contribution is -2.37. The second-order valence-corrected chi connectivity index (χ2v) is 4.59. The number of esters is 2. The number of carbonyl (C=O) groups is 3. The molecule has 7 nitrogen and oxygen atoms in total. The number of ether oxygens (including phenoxy) is 3. The second kappa shape index (κ2) is 9.73. The van der Waals surface area contributed by atoms with Crippen LogP contribution in [0.2, 0.25) is 0 Å². The highest BCUT2D eigenvalue weighted by Crippen LogP contribution is 2.24. The highest BCUT2D eigenvalue weighted by molar-refractivity contribution is 5.86. The number of rotatable bonds is 8. The van der Waals surface area contributed by atoms with E-state index in [1.54, 1.807) is 0 Å². The average Bonchev–Trinajstić information content (AvgIpc) is 2.47. The van der Waals surface area contributed by atoms with E-state index in [-0.39, 0.29) is 18.7 Å². The van der Waals surface area contributed by atoms with Crippen LogP contribution in [0.3, 0.4) is 0 Å². The molecular formula is C13H17F4NO6. The maximum absolute atomic E-state index is 12.6. The minimum Gasteiger partial charge on any atom is -0.460 e. The number of alkyl carbamates (subject to hydrolysis) is 1. The lowest BCUT2D eigenvalue weighted by molar-refractivity contribution is -0.204. The molecule has 0 spiro atoms. The first-order chi connectivity index (χ1) is 10.9. The van der Waals surface area contributed by atoms with Crippen molar-refractivity contribution in [1.82, 2.24) is 5.32 Å². The molecule has 2 atom stereocenters. The third kappa shape index (κ3) is 8.96. The SMILES string of the molecule is C=C(C)C(=O)OCCNC(=O)OCC(C)OC(=O)C(F)C(F)(F)F. The summed E-state index contributed by atoms with van der Waals surface area (Å²) in [5.41, 5.74) is 0.179. The van der Waals surface area contributed by atoms with Gasteiger partial charge in [-0.05, 0) is 13.8 Å². The summed E-state index contributed by atoms with van der Waals surface area (Å²) in [6.45, 7) is 5.06. The molecule has 0 rings (SSSR count). The molecule has 0 radical (unpaired) electrons. The van der Waals surface area contributed by atoms with Gasteiger partial charge in [0.15, 0.2) is 0 Å². The smallest absolute Gasteiger partial charge is 0.430 e. The zero-order chi connectivity index (χ0) is 18.9. The highest BCUT2D eigenvalue weighted by atomic mass is 19.4. The van der Waals surface area contributed by atoms with Gasteiger partial charge in [0.25, 0.3) is 6.17 Å². The molecule has 0 aromatic carbocycles. The predicted octanol–water partition coefficient (Wildman–Crippen LogP) is 1.66. The number of halogens is 4. The molecule has 11 heteroatoms. The van der Waals surface area contributed by atoms with Crippen molar-refractivity contribution in [3.05, 3.63) is 12.2 Å². The fraction of sp³-hybridized carbons (Fsp3) is 0.615. The maximum atomic E-state index is 12.6. The van der Waals surface area contributed by atoms with Crippen LogP contribution in [0.1, 0.15) is 13.8 Å². The van der Waals surface area contributed by atoms with Crippen molar-refractivity contribution in [3.8, 4) is 0 Å². The molecule has 0 heterocycles. The number of carbonyl (C=O) groups excluding carboxylic acids is 3. The van der Waals surface area contributed by atoms with Crippen LogP contribution < -0.4 is 5.32 Å². The van der Waals surface area contributed by atoms with Crippen LogP contribution in [0, 0.1) is 0 Å². The van der Waals surface area contributed by atoms with E-state index in [0.29, 0.717) is 0 Å². The molecule has 138 valence electrons. The van der Waals surface area contributed by atoms with Crippen LogP contribution in [-0.2, 0) is 23.8 Å². The monoisotopic (exact) mass is 359 g/mol. The summed E-state index contributed by atoms with van der Waals surface area (Å²) in [5.74, 6) is -2.76. The second-order valence-electron chi connectivity index (χ2n) is 4.59. The van der Waals surface area contributed by atoms with Crippen molar-refractivity contribution >= 4 is 18.0 Å². The van der Waals surface area contributed by atoms with Crippen molar-refractivity contribution in [2.75, 3.05) is 19.8 Å². The van der Waals surface area contributed by atoms with Gasteiger partial charge in [0.05, 0.1) is 6.54 Å². The van der Waals surface area contributed by atoms with Gasteiger partial charge in [-0.15, -0.1) is 0 Å². The third-order valence-corrected chi connectivity index (χ3v) is 2.21. The Labute approximate surface area is 134 Å². The van der Waals surface area contributed by atoms with Gasteiger partial charge in [0, 0.05) is 5.57 Å². The largest absolute Gasteiger partial charge is 0.460 e. The summed E-state index contributed by atoms with van der Waals surface area (Å²) >= 11 is 0. The molecule has 2 unspecified atom stereocenters. The van der Waals surface area contributed by atoms with E-state index < -0.39 is 43.1 Å². The Bertz CT molecular complexity index is 480. The van der Waals surface area contributed by atoms with Crippen LogP contribution in [-0.4, -0.2) is 56.2 Å². The quantitative estimate of drug-likeness (QED) is 0.233. The lowest BCUT2D eigenvalue weighted by atomic mass is 10.3. The number of hydrogen-bond acceptors (Lipinski definition) is 6. The van der Waals surface area contributed by atoms with E-state index in [9.17, 15) is 31.9 Å². The molecule has 24 heavy (non-hydrogen) atoms. The first-order valence-electron chi connectivity index (χ1n) is 6.59. The zero-order valence-electron chi connectivity index (χ0n) is 12.9. The van der Waals surface area contributed by atoms with E-state index in [4.69, 9.17) is 0 Å². The molecule has 0 aliphatic heterocycles. The van der Waals surface area contributed by atoms with Crippen molar-refractivity contribution in [3.63, 3.8) is 0 Å².